The van der Waals surface area contributed by atoms with Gasteiger partial charge in [-0.1, -0.05) is 15.9 Å². The Balaban J connectivity index is 1.77. The molecule has 10 nitrogen and oxygen atoms in total. The number of nitrogens with zero attached hydrogens (tertiary/aromatic N) is 2. The summed E-state index contributed by atoms with van der Waals surface area (Å²) >= 11 is 3.29. The smallest absolute Gasteiger partial charge is 0.339 e. The summed E-state index contributed by atoms with van der Waals surface area (Å²) in [6.45, 7) is 1.32. The van der Waals surface area contributed by atoms with E-state index in [1.807, 2.05) is 0 Å². The van der Waals surface area contributed by atoms with Gasteiger partial charge in [0.15, 0.2) is 12.2 Å². The van der Waals surface area contributed by atoms with Crippen LogP contribution in [0.15, 0.2) is 56.4 Å². The second kappa shape index (κ2) is 10.2. The third kappa shape index (κ3) is 5.77. The Labute approximate surface area is 185 Å². The van der Waals surface area contributed by atoms with Gasteiger partial charge in [0, 0.05) is 10.9 Å². The topological polar surface area (TPSA) is 159 Å². The van der Waals surface area contributed by atoms with Crippen LogP contribution in [0.2, 0.25) is 0 Å². The highest BCUT2D eigenvalue weighted by Crippen LogP contribution is 2.29. The monoisotopic (exact) mass is 496 g/mol. The normalized spacial score (nSPS) is 16.3. The maximum absolute atomic E-state index is 12.6. The lowest BCUT2D eigenvalue weighted by Crippen LogP contribution is -2.36. The first kappa shape index (κ1) is 23.1. The van der Waals surface area contributed by atoms with Gasteiger partial charge in [0.1, 0.15) is 24.2 Å². The fourth-order valence-electron chi connectivity index (χ4n) is 2.73. The average Bonchev–Trinajstić information content (AvgIpc) is 3.44. The zero-order valence-electron chi connectivity index (χ0n) is 16.3. The van der Waals surface area contributed by atoms with E-state index in [0.717, 1.165) is 17.1 Å². The number of aliphatic hydroxyl groups is 4. The van der Waals surface area contributed by atoms with E-state index < -0.39 is 36.5 Å². The molecule has 0 unspecified atom stereocenters. The van der Waals surface area contributed by atoms with E-state index in [0.29, 0.717) is 0 Å². The molecule has 2 aromatic heterocycles. The van der Waals surface area contributed by atoms with Crippen molar-refractivity contribution in [2.75, 3.05) is 0 Å². The van der Waals surface area contributed by atoms with Crippen LogP contribution >= 0.6 is 15.9 Å². The van der Waals surface area contributed by atoms with E-state index in [-0.39, 0.29) is 29.3 Å². The van der Waals surface area contributed by atoms with Gasteiger partial charge < -0.3 is 34.0 Å². The van der Waals surface area contributed by atoms with Crippen molar-refractivity contribution in [1.29, 1.82) is 0 Å². The van der Waals surface area contributed by atoms with E-state index in [1.54, 1.807) is 24.3 Å². The molecular formula is C20H21BrN2O8. The summed E-state index contributed by atoms with van der Waals surface area (Å²) in [7, 11) is 0. The highest BCUT2D eigenvalue weighted by Gasteiger charge is 2.30. The summed E-state index contributed by atoms with van der Waals surface area (Å²) in [5.41, 5.74) is 0.325. The zero-order valence-corrected chi connectivity index (χ0v) is 17.9. The largest absolute Gasteiger partial charge is 0.445 e. The number of aromatic nitrogens is 2. The number of carbonyl (C=O) groups excluding carboxylic acids is 1. The number of benzene rings is 1. The van der Waals surface area contributed by atoms with Crippen molar-refractivity contribution in [2.24, 2.45) is 0 Å². The van der Waals surface area contributed by atoms with Gasteiger partial charge in [-0.3, -0.25) is 0 Å². The quantitative estimate of drug-likeness (QED) is 0.322. The second-order valence-corrected chi connectivity index (χ2v) is 7.77. The molecular weight excluding hydrogens is 476 g/mol. The Kier molecular flexibility index (Phi) is 7.57. The van der Waals surface area contributed by atoms with Crippen LogP contribution < -0.4 is 0 Å². The number of hydrogen-bond donors (Lipinski definition) is 4. The Morgan fingerprint density at radius 1 is 1.16 bits per heavy atom. The van der Waals surface area contributed by atoms with E-state index in [1.165, 1.54) is 13.1 Å². The van der Waals surface area contributed by atoms with Crippen LogP contribution in [0.3, 0.4) is 0 Å². The van der Waals surface area contributed by atoms with Crippen LogP contribution in [0.25, 0.3) is 0 Å². The van der Waals surface area contributed by atoms with Crippen molar-refractivity contribution < 1.29 is 38.8 Å². The third-order valence-electron chi connectivity index (χ3n) is 4.47. The fourth-order valence-corrected chi connectivity index (χ4v) is 3.00. The Hall–Kier alpha value is -2.57. The summed E-state index contributed by atoms with van der Waals surface area (Å²) in [4.78, 5) is 20.5. The maximum Gasteiger partial charge on any atom is 0.339 e. The van der Waals surface area contributed by atoms with Crippen LogP contribution in [0.4, 0.5) is 0 Å². The molecule has 0 aliphatic rings. The SMILES string of the molecule is C[C@@H](O)[C@H](O)[C@H](O)C[C@H](O)c1coc([C@@H](OC(=O)c2ccc(Br)cc2)c2cnco2)n1. The molecule has 0 saturated carbocycles. The fraction of sp³-hybridized carbons (Fsp3) is 0.350. The average molecular weight is 497 g/mol. The molecule has 2 heterocycles. The lowest BCUT2D eigenvalue weighted by molar-refractivity contribution is -0.0679. The Morgan fingerprint density at radius 3 is 2.48 bits per heavy atom. The van der Waals surface area contributed by atoms with Crippen LogP contribution in [0.1, 0.15) is 53.3 Å². The minimum atomic E-state index is -1.44. The lowest BCUT2D eigenvalue weighted by atomic mass is 10.0. The minimum Gasteiger partial charge on any atom is -0.445 e. The summed E-state index contributed by atoms with van der Waals surface area (Å²) in [6.07, 6.45) is -3.16. The predicted molar refractivity (Wildman–Crippen MR) is 108 cm³/mol. The number of ether oxygens (including phenoxy) is 1. The molecule has 0 saturated heterocycles. The summed E-state index contributed by atoms with van der Waals surface area (Å²) < 4.78 is 16.9. The number of hydrogen-bond acceptors (Lipinski definition) is 10. The highest BCUT2D eigenvalue weighted by molar-refractivity contribution is 9.10. The molecule has 3 rings (SSSR count). The molecule has 4 N–H and O–H groups in total. The standard InChI is InChI=1S/C20H21BrN2O8/c1-10(24)17(27)15(26)6-14(25)13-8-29-19(23-13)18(16-7-22-9-30-16)31-20(28)11-2-4-12(21)5-3-11/h2-5,7-10,14-15,17-18,24-27H,6H2,1H3/t10-,14+,15-,17+,18+/m1/s1. The molecule has 31 heavy (non-hydrogen) atoms. The van der Waals surface area contributed by atoms with Gasteiger partial charge in [-0.15, -0.1) is 0 Å². The number of rotatable bonds is 9. The van der Waals surface area contributed by atoms with Gasteiger partial charge >= 0.3 is 5.97 Å². The molecule has 0 radical (unpaired) electrons. The van der Waals surface area contributed by atoms with E-state index in [2.05, 4.69) is 25.9 Å². The van der Waals surface area contributed by atoms with Gasteiger partial charge in [-0.05, 0) is 31.2 Å². The molecule has 0 aliphatic carbocycles. The summed E-state index contributed by atoms with van der Waals surface area (Å²) in [5.74, 6) is -0.593. The molecule has 0 spiro atoms. The molecule has 0 bridgehead atoms. The maximum atomic E-state index is 12.6. The van der Waals surface area contributed by atoms with Crippen molar-refractivity contribution in [3.63, 3.8) is 0 Å². The molecule has 1 aromatic carbocycles. The van der Waals surface area contributed by atoms with Crippen molar-refractivity contribution in [2.45, 2.75) is 43.9 Å². The van der Waals surface area contributed by atoms with Gasteiger partial charge in [0.2, 0.25) is 12.0 Å². The number of carbonyl (C=O) groups is 1. The van der Waals surface area contributed by atoms with Crippen LogP contribution in [-0.2, 0) is 4.74 Å². The van der Waals surface area contributed by atoms with Crippen molar-refractivity contribution in [1.82, 2.24) is 9.97 Å². The zero-order chi connectivity index (χ0) is 22.5. The predicted octanol–water partition coefficient (Wildman–Crippen LogP) is 1.90. The third-order valence-corrected chi connectivity index (χ3v) is 5.00. The van der Waals surface area contributed by atoms with Crippen LogP contribution in [0.5, 0.6) is 0 Å². The highest BCUT2D eigenvalue weighted by atomic mass is 79.9. The van der Waals surface area contributed by atoms with E-state index in [9.17, 15) is 25.2 Å². The molecule has 11 heteroatoms. The first-order valence-electron chi connectivity index (χ1n) is 9.28. The summed E-state index contributed by atoms with van der Waals surface area (Å²) in [5, 5.41) is 39.3. The molecule has 166 valence electrons. The molecule has 0 amide bonds. The van der Waals surface area contributed by atoms with Gasteiger partial charge in [-0.25, -0.2) is 14.8 Å². The van der Waals surface area contributed by atoms with Crippen LogP contribution in [0, 0.1) is 0 Å². The second-order valence-electron chi connectivity index (χ2n) is 6.86. The molecule has 0 fully saturated rings. The Morgan fingerprint density at radius 2 is 1.87 bits per heavy atom. The van der Waals surface area contributed by atoms with Crippen molar-refractivity contribution >= 4 is 21.9 Å². The lowest BCUT2D eigenvalue weighted by Gasteiger charge is -2.21. The van der Waals surface area contributed by atoms with E-state index >= 15 is 0 Å². The molecule has 5 atom stereocenters. The first-order valence-corrected chi connectivity index (χ1v) is 10.1. The van der Waals surface area contributed by atoms with Gasteiger partial charge in [0.05, 0.1) is 24.0 Å². The van der Waals surface area contributed by atoms with Crippen molar-refractivity contribution in [3.05, 3.63) is 70.5 Å². The minimum absolute atomic E-state index is 0.0380. The van der Waals surface area contributed by atoms with Gasteiger partial charge in [-0.2, -0.15) is 0 Å². The number of aliphatic hydroxyl groups excluding tert-OH is 4. The first-order chi connectivity index (χ1) is 14.8. The van der Waals surface area contributed by atoms with E-state index in [4.69, 9.17) is 13.6 Å². The number of oxazole rings is 2. The van der Waals surface area contributed by atoms with Gasteiger partial charge in [0.25, 0.3) is 0 Å². The Bertz CT molecular complexity index is 973. The number of halogens is 1. The summed E-state index contributed by atoms with van der Waals surface area (Å²) in [6, 6.07) is 6.52. The van der Waals surface area contributed by atoms with Crippen LogP contribution in [-0.4, -0.2) is 54.7 Å². The van der Waals surface area contributed by atoms with Crippen molar-refractivity contribution in [3.8, 4) is 0 Å². The molecule has 3 aromatic rings. The molecule has 0 aliphatic heterocycles. The number of esters is 1.